The summed E-state index contributed by atoms with van der Waals surface area (Å²) < 4.78 is 5.26. The number of nitrogens with two attached hydrogens (primary N) is 1. The van der Waals surface area contributed by atoms with E-state index < -0.39 is 12.0 Å². The van der Waals surface area contributed by atoms with E-state index in [1.54, 1.807) is 18.3 Å². The number of carbonyl (C=O) groups is 2. The lowest BCUT2D eigenvalue weighted by Crippen LogP contribution is -2.36. The number of carbonyl (C=O) groups excluding carboxylic acids is 2. The van der Waals surface area contributed by atoms with Crippen LogP contribution in [0.2, 0.25) is 0 Å². The summed E-state index contributed by atoms with van der Waals surface area (Å²) in [6.07, 6.45) is 3.00. The van der Waals surface area contributed by atoms with Crippen LogP contribution in [0.4, 0.5) is 0 Å². The van der Waals surface area contributed by atoms with Gasteiger partial charge in [-0.05, 0) is 17.7 Å². The quantitative estimate of drug-likeness (QED) is 0.780. The average molecular weight is 336 g/mol. The van der Waals surface area contributed by atoms with E-state index in [9.17, 15) is 9.59 Å². The Morgan fingerprint density at radius 3 is 2.52 bits per heavy atom. The Bertz CT molecular complexity index is 623. The van der Waals surface area contributed by atoms with Gasteiger partial charge in [0.1, 0.15) is 6.61 Å². The predicted octanol–water partition coefficient (Wildman–Crippen LogP) is 1.48. The van der Waals surface area contributed by atoms with Crippen LogP contribution in [0.5, 0.6) is 0 Å². The predicted molar refractivity (Wildman–Crippen MR) is 88.1 cm³/mol. The SMILES string of the molecule is Cl.NCC(=O)NC(COC(=O)c1cccnc1)c1ccccc1. The van der Waals surface area contributed by atoms with E-state index in [0.717, 1.165) is 5.56 Å². The maximum Gasteiger partial charge on any atom is 0.339 e. The molecule has 1 amide bonds. The Balaban J connectivity index is 0.00000264. The average Bonchev–Trinajstić information content (AvgIpc) is 2.59. The fourth-order valence-corrected chi connectivity index (χ4v) is 1.89. The molecule has 0 bridgehead atoms. The molecule has 122 valence electrons. The Morgan fingerprint density at radius 2 is 1.91 bits per heavy atom. The van der Waals surface area contributed by atoms with E-state index in [4.69, 9.17) is 10.5 Å². The van der Waals surface area contributed by atoms with Gasteiger partial charge in [0, 0.05) is 12.4 Å². The highest BCUT2D eigenvalue weighted by atomic mass is 35.5. The third-order valence-corrected chi connectivity index (χ3v) is 3.00. The molecule has 0 saturated heterocycles. The third-order valence-electron chi connectivity index (χ3n) is 3.00. The molecule has 2 rings (SSSR count). The minimum atomic E-state index is -0.490. The summed E-state index contributed by atoms with van der Waals surface area (Å²) in [5.74, 6) is -0.803. The van der Waals surface area contributed by atoms with Gasteiger partial charge >= 0.3 is 5.97 Å². The molecule has 7 heteroatoms. The molecule has 1 aromatic heterocycles. The molecule has 1 heterocycles. The number of pyridine rings is 1. The number of ether oxygens (including phenoxy) is 1. The van der Waals surface area contributed by atoms with E-state index in [-0.39, 0.29) is 31.5 Å². The molecule has 0 fully saturated rings. The molecule has 0 radical (unpaired) electrons. The van der Waals surface area contributed by atoms with E-state index >= 15 is 0 Å². The van der Waals surface area contributed by atoms with Gasteiger partial charge in [-0.3, -0.25) is 9.78 Å². The Hall–Kier alpha value is -2.44. The van der Waals surface area contributed by atoms with Gasteiger partial charge < -0.3 is 15.8 Å². The number of nitrogens with one attached hydrogen (secondary N) is 1. The van der Waals surface area contributed by atoms with Crippen molar-refractivity contribution in [1.82, 2.24) is 10.3 Å². The van der Waals surface area contributed by atoms with Gasteiger partial charge in [-0.1, -0.05) is 30.3 Å². The van der Waals surface area contributed by atoms with Crippen LogP contribution in [0.3, 0.4) is 0 Å². The largest absolute Gasteiger partial charge is 0.459 e. The molecular formula is C16H18ClN3O3. The Labute approximate surface area is 140 Å². The van der Waals surface area contributed by atoms with Crippen molar-refractivity contribution >= 4 is 24.3 Å². The summed E-state index contributed by atoms with van der Waals surface area (Å²) in [6.45, 7) is -0.108. The van der Waals surface area contributed by atoms with Crippen LogP contribution in [-0.2, 0) is 9.53 Å². The van der Waals surface area contributed by atoms with Crippen LogP contribution in [0.25, 0.3) is 0 Å². The van der Waals surface area contributed by atoms with Crippen LogP contribution in [-0.4, -0.2) is 30.0 Å². The van der Waals surface area contributed by atoms with E-state index in [2.05, 4.69) is 10.3 Å². The number of esters is 1. The van der Waals surface area contributed by atoms with E-state index in [1.165, 1.54) is 6.20 Å². The highest BCUT2D eigenvalue weighted by Gasteiger charge is 2.17. The minimum Gasteiger partial charge on any atom is -0.459 e. The second-order valence-electron chi connectivity index (χ2n) is 4.58. The van der Waals surface area contributed by atoms with E-state index in [0.29, 0.717) is 5.56 Å². The fourth-order valence-electron chi connectivity index (χ4n) is 1.89. The number of hydrogen-bond donors (Lipinski definition) is 2. The van der Waals surface area contributed by atoms with Crippen LogP contribution >= 0.6 is 12.4 Å². The topological polar surface area (TPSA) is 94.3 Å². The molecule has 0 aliphatic carbocycles. The lowest BCUT2D eigenvalue weighted by molar-refractivity contribution is -0.120. The number of benzene rings is 1. The first-order valence-electron chi connectivity index (χ1n) is 6.82. The highest BCUT2D eigenvalue weighted by Crippen LogP contribution is 2.13. The lowest BCUT2D eigenvalue weighted by atomic mass is 10.1. The molecule has 2 aromatic rings. The molecule has 0 aliphatic rings. The third kappa shape index (κ3) is 5.69. The monoisotopic (exact) mass is 335 g/mol. The maximum atomic E-state index is 11.9. The second-order valence-corrected chi connectivity index (χ2v) is 4.58. The van der Waals surface area contributed by atoms with E-state index in [1.807, 2.05) is 30.3 Å². The number of amides is 1. The Kier molecular flexibility index (Phi) is 7.73. The minimum absolute atomic E-state index is 0. The molecule has 3 N–H and O–H groups in total. The first-order chi connectivity index (χ1) is 10.7. The molecule has 23 heavy (non-hydrogen) atoms. The summed E-state index contributed by atoms with van der Waals surface area (Å²) in [4.78, 5) is 27.3. The molecule has 0 spiro atoms. The summed E-state index contributed by atoms with van der Waals surface area (Å²) >= 11 is 0. The van der Waals surface area contributed by atoms with Gasteiger partial charge in [0.05, 0.1) is 18.2 Å². The van der Waals surface area contributed by atoms with Crippen LogP contribution in [0.1, 0.15) is 22.0 Å². The summed E-state index contributed by atoms with van der Waals surface area (Å²) in [7, 11) is 0. The zero-order chi connectivity index (χ0) is 15.8. The second kappa shape index (κ2) is 9.55. The van der Waals surface area contributed by atoms with Crippen molar-refractivity contribution in [3.8, 4) is 0 Å². The standard InChI is InChI=1S/C16H17N3O3.ClH/c17-9-15(20)19-14(12-5-2-1-3-6-12)11-22-16(21)13-7-4-8-18-10-13;/h1-8,10,14H,9,11,17H2,(H,19,20);1H. The Morgan fingerprint density at radius 1 is 1.17 bits per heavy atom. The summed E-state index contributed by atoms with van der Waals surface area (Å²) in [5.41, 5.74) is 6.51. The number of rotatable bonds is 6. The molecule has 6 nitrogen and oxygen atoms in total. The van der Waals surface area contributed by atoms with Crippen molar-refractivity contribution in [2.24, 2.45) is 5.73 Å². The van der Waals surface area contributed by atoms with Crippen LogP contribution < -0.4 is 11.1 Å². The van der Waals surface area contributed by atoms with Crippen LogP contribution in [0.15, 0.2) is 54.9 Å². The fraction of sp³-hybridized carbons (Fsp3) is 0.188. The highest BCUT2D eigenvalue weighted by molar-refractivity contribution is 5.89. The zero-order valence-corrected chi connectivity index (χ0v) is 13.2. The van der Waals surface area contributed by atoms with Gasteiger partial charge in [-0.25, -0.2) is 4.79 Å². The van der Waals surface area contributed by atoms with Crippen molar-refractivity contribution in [3.63, 3.8) is 0 Å². The zero-order valence-electron chi connectivity index (χ0n) is 12.3. The van der Waals surface area contributed by atoms with Gasteiger partial charge in [-0.2, -0.15) is 0 Å². The molecular weight excluding hydrogens is 318 g/mol. The van der Waals surface area contributed by atoms with Gasteiger partial charge in [0.2, 0.25) is 5.91 Å². The molecule has 0 saturated carbocycles. The van der Waals surface area contributed by atoms with Crippen molar-refractivity contribution < 1.29 is 14.3 Å². The lowest BCUT2D eigenvalue weighted by Gasteiger charge is -2.19. The first-order valence-corrected chi connectivity index (χ1v) is 6.82. The smallest absolute Gasteiger partial charge is 0.339 e. The normalized spacial score (nSPS) is 11.0. The van der Waals surface area contributed by atoms with Crippen molar-refractivity contribution in [2.45, 2.75) is 6.04 Å². The number of aromatic nitrogens is 1. The summed E-state index contributed by atoms with van der Waals surface area (Å²) in [6, 6.07) is 12.1. The number of halogens is 1. The molecule has 1 aromatic carbocycles. The van der Waals surface area contributed by atoms with Gasteiger partial charge in [-0.15, -0.1) is 12.4 Å². The van der Waals surface area contributed by atoms with Gasteiger partial charge in [0.15, 0.2) is 0 Å². The molecule has 1 atom stereocenters. The molecule has 0 aliphatic heterocycles. The number of hydrogen-bond acceptors (Lipinski definition) is 5. The molecule has 1 unspecified atom stereocenters. The van der Waals surface area contributed by atoms with Crippen LogP contribution in [0, 0.1) is 0 Å². The van der Waals surface area contributed by atoms with Crippen molar-refractivity contribution in [1.29, 1.82) is 0 Å². The summed E-state index contributed by atoms with van der Waals surface area (Å²) in [5, 5.41) is 2.73. The first kappa shape index (κ1) is 18.6. The maximum absolute atomic E-state index is 11.9. The van der Waals surface area contributed by atoms with Gasteiger partial charge in [0.25, 0.3) is 0 Å². The number of nitrogens with zero attached hydrogens (tertiary/aromatic N) is 1. The van der Waals surface area contributed by atoms with Crippen molar-refractivity contribution in [3.05, 3.63) is 66.0 Å². The van der Waals surface area contributed by atoms with Crippen molar-refractivity contribution in [2.75, 3.05) is 13.2 Å².